The van der Waals surface area contributed by atoms with E-state index >= 15 is 0 Å². The van der Waals surface area contributed by atoms with Gasteiger partial charge in [0.1, 0.15) is 5.75 Å². The molecule has 2 rings (SSSR count). The number of thioether (sulfide) groups is 1. The van der Waals surface area contributed by atoms with Crippen LogP contribution in [0, 0.1) is 0 Å². The van der Waals surface area contributed by atoms with Crippen molar-refractivity contribution in [3.05, 3.63) is 24.3 Å². The zero-order valence-electron chi connectivity index (χ0n) is 14.2. The summed E-state index contributed by atoms with van der Waals surface area (Å²) >= 11 is 1.23. The van der Waals surface area contributed by atoms with Gasteiger partial charge in [-0.05, 0) is 62.4 Å². The van der Waals surface area contributed by atoms with Crippen molar-refractivity contribution in [1.29, 1.82) is 0 Å². The summed E-state index contributed by atoms with van der Waals surface area (Å²) < 4.78 is 30.2. The van der Waals surface area contributed by atoms with E-state index in [9.17, 15) is 13.6 Å². The maximum atomic E-state index is 12.3. The van der Waals surface area contributed by atoms with Crippen molar-refractivity contribution in [2.45, 2.75) is 50.3 Å². The minimum Gasteiger partial charge on any atom is -0.435 e. The monoisotopic (exact) mass is 371 g/mol. The molecule has 0 saturated carbocycles. The standard InChI is InChI=1S/C15H19F2N5O2S/c1-9(25-14-19-20-21-22(14)15(2,3)4)12(23)18-10-5-7-11(8-6-10)24-13(16)17/h5-9,13H,1-4H3,(H,18,23). The second-order valence-corrected chi connectivity index (χ2v) is 7.50. The fourth-order valence-corrected chi connectivity index (χ4v) is 2.82. The van der Waals surface area contributed by atoms with Crippen LogP contribution in [-0.2, 0) is 10.3 Å². The van der Waals surface area contributed by atoms with Gasteiger partial charge in [0.25, 0.3) is 0 Å². The Kier molecular flexibility index (Phi) is 5.93. The number of ether oxygens (including phenoxy) is 1. The first-order chi connectivity index (χ1) is 11.7. The quantitative estimate of drug-likeness (QED) is 0.786. The predicted octanol–water partition coefficient (Wildman–Crippen LogP) is 3.15. The molecule has 0 bridgehead atoms. The number of nitrogens with one attached hydrogen (secondary N) is 1. The van der Waals surface area contributed by atoms with Crippen molar-refractivity contribution >= 4 is 23.4 Å². The predicted molar refractivity (Wildman–Crippen MR) is 89.8 cm³/mol. The van der Waals surface area contributed by atoms with Gasteiger partial charge < -0.3 is 10.1 Å². The van der Waals surface area contributed by atoms with E-state index in [0.29, 0.717) is 10.8 Å². The molecule has 1 aromatic carbocycles. The molecule has 25 heavy (non-hydrogen) atoms. The average molecular weight is 371 g/mol. The molecule has 7 nitrogen and oxygen atoms in total. The topological polar surface area (TPSA) is 81.9 Å². The molecule has 1 N–H and O–H groups in total. The van der Waals surface area contributed by atoms with E-state index in [1.54, 1.807) is 11.6 Å². The van der Waals surface area contributed by atoms with E-state index in [4.69, 9.17) is 0 Å². The van der Waals surface area contributed by atoms with E-state index in [1.807, 2.05) is 20.8 Å². The fourth-order valence-electron chi connectivity index (χ4n) is 1.85. The molecule has 1 amide bonds. The average Bonchev–Trinajstić information content (AvgIpc) is 2.97. The van der Waals surface area contributed by atoms with Gasteiger partial charge in [-0.1, -0.05) is 11.8 Å². The molecule has 1 aromatic heterocycles. The van der Waals surface area contributed by atoms with Gasteiger partial charge in [-0.15, -0.1) is 5.10 Å². The van der Waals surface area contributed by atoms with Crippen molar-refractivity contribution in [2.75, 3.05) is 5.32 Å². The zero-order chi connectivity index (χ0) is 18.6. The van der Waals surface area contributed by atoms with Crippen LogP contribution < -0.4 is 10.1 Å². The number of nitrogens with zero attached hydrogens (tertiary/aromatic N) is 4. The normalized spacial score (nSPS) is 12.9. The molecule has 0 fully saturated rings. The lowest BCUT2D eigenvalue weighted by molar-refractivity contribution is -0.115. The molecular weight excluding hydrogens is 352 g/mol. The van der Waals surface area contributed by atoms with Crippen molar-refractivity contribution in [1.82, 2.24) is 20.2 Å². The molecular formula is C15H19F2N5O2S. The third-order valence-electron chi connectivity index (χ3n) is 3.07. The van der Waals surface area contributed by atoms with Crippen LogP contribution in [0.15, 0.2) is 29.4 Å². The Hall–Kier alpha value is -2.23. The number of alkyl halides is 2. The number of carbonyl (C=O) groups excluding carboxylic acids is 1. The molecule has 136 valence electrons. The summed E-state index contributed by atoms with van der Waals surface area (Å²) in [7, 11) is 0. The van der Waals surface area contributed by atoms with Crippen LogP contribution in [-0.4, -0.2) is 38.0 Å². The molecule has 0 aliphatic carbocycles. The molecule has 0 spiro atoms. The summed E-state index contributed by atoms with van der Waals surface area (Å²) in [6, 6.07) is 5.71. The summed E-state index contributed by atoms with van der Waals surface area (Å²) in [4.78, 5) is 12.3. The Labute approximate surface area is 148 Å². The maximum Gasteiger partial charge on any atom is 0.387 e. The third kappa shape index (κ3) is 5.38. The van der Waals surface area contributed by atoms with Crippen molar-refractivity contribution in [3.8, 4) is 5.75 Å². The van der Waals surface area contributed by atoms with Gasteiger partial charge in [-0.25, -0.2) is 4.68 Å². The smallest absolute Gasteiger partial charge is 0.387 e. The highest BCUT2D eigenvalue weighted by Gasteiger charge is 2.24. The molecule has 1 unspecified atom stereocenters. The molecule has 2 aromatic rings. The molecule has 10 heteroatoms. The van der Waals surface area contributed by atoms with Gasteiger partial charge in [0.15, 0.2) is 0 Å². The highest BCUT2D eigenvalue weighted by Crippen LogP contribution is 2.26. The SMILES string of the molecule is CC(Sc1nnnn1C(C)(C)C)C(=O)Nc1ccc(OC(F)F)cc1. The van der Waals surface area contributed by atoms with Gasteiger partial charge in [0, 0.05) is 5.69 Å². The van der Waals surface area contributed by atoms with Gasteiger partial charge in [0.2, 0.25) is 11.1 Å². The maximum absolute atomic E-state index is 12.3. The number of aromatic nitrogens is 4. The first kappa shape index (κ1) is 19.1. The van der Waals surface area contributed by atoms with E-state index < -0.39 is 11.9 Å². The van der Waals surface area contributed by atoms with Crippen LogP contribution in [0.5, 0.6) is 5.75 Å². The first-order valence-electron chi connectivity index (χ1n) is 7.48. The molecule has 1 atom stereocenters. The number of anilines is 1. The number of hydrogen-bond donors (Lipinski definition) is 1. The van der Waals surface area contributed by atoms with Crippen LogP contribution in [0.25, 0.3) is 0 Å². The third-order valence-corrected chi connectivity index (χ3v) is 4.11. The number of benzene rings is 1. The number of halogens is 2. The lowest BCUT2D eigenvalue weighted by Gasteiger charge is -2.20. The van der Waals surface area contributed by atoms with Crippen LogP contribution in [0.4, 0.5) is 14.5 Å². The summed E-state index contributed by atoms with van der Waals surface area (Å²) in [5, 5.41) is 14.3. The van der Waals surface area contributed by atoms with Crippen LogP contribution in [0.2, 0.25) is 0 Å². The van der Waals surface area contributed by atoms with E-state index in [0.717, 1.165) is 0 Å². The van der Waals surface area contributed by atoms with E-state index in [2.05, 4.69) is 25.6 Å². The van der Waals surface area contributed by atoms with Gasteiger partial charge in [0.05, 0.1) is 10.8 Å². The zero-order valence-corrected chi connectivity index (χ0v) is 15.1. The molecule has 0 aliphatic heterocycles. The molecule has 1 heterocycles. The molecule has 0 saturated heterocycles. The number of carbonyl (C=O) groups is 1. The van der Waals surface area contributed by atoms with Crippen LogP contribution >= 0.6 is 11.8 Å². The van der Waals surface area contributed by atoms with Crippen molar-refractivity contribution in [2.24, 2.45) is 0 Å². The molecule has 0 radical (unpaired) electrons. The van der Waals surface area contributed by atoms with E-state index in [1.165, 1.54) is 36.0 Å². The largest absolute Gasteiger partial charge is 0.435 e. The number of rotatable bonds is 6. The first-order valence-corrected chi connectivity index (χ1v) is 8.36. The number of amides is 1. The van der Waals surface area contributed by atoms with E-state index in [-0.39, 0.29) is 17.2 Å². The lowest BCUT2D eigenvalue weighted by atomic mass is 10.1. The summed E-state index contributed by atoms with van der Waals surface area (Å²) in [5.74, 6) is -0.226. The minimum absolute atomic E-state index is 0.0276. The van der Waals surface area contributed by atoms with Crippen LogP contribution in [0.3, 0.4) is 0 Å². The van der Waals surface area contributed by atoms with Crippen LogP contribution in [0.1, 0.15) is 27.7 Å². The second-order valence-electron chi connectivity index (χ2n) is 6.20. The summed E-state index contributed by atoms with van der Waals surface area (Å²) in [6.07, 6.45) is 0. The number of hydrogen-bond acceptors (Lipinski definition) is 6. The Morgan fingerprint density at radius 2 is 1.92 bits per heavy atom. The Bertz CT molecular complexity index is 715. The number of tetrazole rings is 1. The Morgan fingerprint density at radius 1 is 1.28 bits per heavy atom. The van der Waals surface area contributed by atoms with Crippen molar-refractivity contribution < 1.29 is 18.3 Å². The van der Waals surface area contributed by atoms with Crippen molar-refractivity contribution in [3.63, 3.8) is 0 Å². The summed E-state index contributed by atoms with van der Waals surface area (Å²) in [5.41, 5.74) is 0.178. The molecule has 0 aliphatic rings. The summed E-state index contributed by atoms with van der Waals surface area (Å²) in [6.45, 7) is 4.73. The highest BCUT2D eigenvalue weighted by molar-refractivity contribution is 8.00. The lowest BCUT2D eigenvalue weighted by Crippen LogP contribution is -2.27. The highest BCUT2D eigenvalue weighted by atomic mass is 32.2. The Balaban J connectivity index is 1.98. The fraction of sp³-hybridized carbons (Fsp3) is 0.467. The van der Waals surface area contributed by atoms with Gasteiger partial charge in [-0.2, -0.15) is 8.78 Å². The van der Waals surface area contributed by atoms with Gasteiger partial charge in [-0.3, -0.25) is 4.79 Å². The minimum atomic E-state index is -2.88. The van der Waals surface area contributed by atoms with Gasteiger partial charge >= 0.3 is 6.61 Å². The Morgan fingerprint density at radius 3 is 2.48 bits per heavy atom. The second kappa shape index (κ2) is 7.77.